The van der Waals surface area contributed by atoms with E-state index >= 15 is 0 Å². The molecule has 0 aliphatic rings. The number of methoxy groups -OCH3 is 1. The highest BCUT2D eigenvalue weighted by Gasteiger charge is 2.22. The number of aliphatic hydroxyl groups excluding tert-OH is 1. The van der Waals surface area contributed by atoms with Gasteiger partial charge in [-0.15, -0.1) is 0 Å². The number of hydrogen-bond acceptors (Lipinski definition) is 5. The van der Waals surface area contributed by atoms with E-state index in [2.05, 4.69) is 16.5 Å². The van der Waals surface area contributed by atoms with Crippen LogP contribution in [-0.2, 0) is 7.05 Å². The molecule has 1 unspecified atom stereocenters. The molecule has 1 atom stereocenters. The van der Waals surface area contributed by atoms with E-state index in [0.29, 0.717) is 12.4 Å². The molecule has 0 aromatic carbocycles. The van der Waals surface area contributed by atoms with E-state index in [4.69, 9.17) is 15.1 Å². The standard InChI is InChI=1S/C10H16N4O2/c1-7-9(8(6-11)12-4-5-15)10(16-3)14(2)13-7/h8,12,15H,4-5H2,1-3H3. The number of nitriles is 1. The Labute approximate surface area is 94.4 Å². The molecule has 0 bridgehead atoms. The summed E-state index contributed by atoms with van der Waals surface area (Å²) in [5.74, 6) is 0.564. The topological polar surface area (TPSA) is 83.1 Å². The Kier molecular flexibility index (Phi) is 4.28. The SMILES string of the molecule is COc1c(C(C#N)NCCO)c(C)nn1C. The fourth-order valence-electron chi connectivity index (χ4n) is 1.65. The van der Waals surface area contributed by atoms with Crippen LogP contribution < -0.4 is 10.1 Å². The first-order valence-corrected chi connectivity index (χ1v) is 4.97. The first-order valence-electron chi connectivity index (χ1n) is 4.97. The van der Waals surface area contributed by atoms with E-state index < -0.39 is 6.04 Å². The van der Waals surface area contributed by atoms with E-state index in [0.717, 1.165) is 11.3 Å². The Balaban J connectivity index is 3.04. The smallest absolute Gasteiger partial charge is 0.217 e. The fraction of sp³-hybridized carbons (Fsp3) is 0.600. The Hall–Kier alpha value is -1.58. The van der Waals surface area contributed by atoms with Gasteiger partial charge in [0.05, 0.1) is 31.0 Å². The maximum atomic E-state index is 9.07. The van der Waals surface area contributed by atoms with Gasteiger partial charge < -0.3 is 9.84 Å². The van der Waals surface area contributed by atoms with Crippen molar-refractivity contribution in [2.24, 2.45) is 7.05 Å². The van der Waals surface area contributed by atoms with Crippen LogP contribution in [0.4, 0.5) is 0 Å². The Morgan fingerprint density at radius 3 is 2.88 bits per heavy atom. The van der Waals surface area contributed by atoms with Crippen molar-refractivity contribution in [3.05, 3.63) is 11.3 Å². The van der Waals surface area contributed by atoms with Gasteiger partial charge in [-0.2, -0.15) is 10.4 Å². The third-order valence-corrected chi connectivity index (χ3v) is 2.29. The number of aromatic nitrogens is 2. The monoisotopic (exact) mass is 224 g/mol. The molecule has 0 aliphatic heterocycles. The van der Waals surface area contributed by atoms with Gasteiger partial charge >= 0.3 is 0 Å². The summed E-state index contributed by atoms with van der Waals surface area (Å²) in [5.41, 5.74) is 1.47. The van der Waals surface area contributed by atoms with Gasteiger partial charge in [-0.05, 0) is 6.92 Å². The van der Waals surface area contributed by atoms with Crippen molar-refractivity contribution in [1.82, 2.24) is 15.1 Å². The van der Waals surface area contributed by atoms with E-state index in [1.54, 1.807) is 18.8 Å². The largest absolute Gasteiger partial charge is 0.481 e. The van der Waals surface area contributed by atoms with Gasteiger partial charge in [0.15, 0.2) is 0 Å². The van der Waals surface area contributed by atoms with Crippen molar-refractivity contribution < 1.29 is 9.84 Å². The second kappa shape index (κ2) is 5.49. The first kappa shape index (κ1) is 12.5. The van der Waals surface area contributed by atoms with Crippen molar-refractivity contribution in [2.45, 2.75) is 13.0 Å². The van der Waals surface area contributed by atoms with Gasteiger partial charge in [0.2, 0.25) is 5.88 Å². The summed E-state index contributed by atoms with van der Waals surface area (Å²) in [7, 11) is 3.30. The predicted octanol–water partition coefficient (Wildman–Crippen LogP) is -0.116. The summed E-state index contributed by atoms with van der Waals surface area (Å²) in [6.07, 6.45) is 0. The lowest BCUT2D eigenvalue weighted by atomic mass is 10.1. The van der Waals surface area contributed by atoms with Crippen LogP contribution in [0.2, 0.25) is 0 Å². The molecule has 1 aromatic rings. The summed E-state index contributed by atoms with van der Waals surface area (Å²) in [5, 5.41) is 24.9. The molecule has 0 saturated carbocycles. The lowest BCUT2D eigenvalue weighted by Gasteiger charge is -2.11. The van der Waals surface area contributed by atoms with Crippen molar-refractivity contribution in [2.75, 3.05) is 20.3 Å². The van der Waals surface area contributed by atoms with Crippen LogP contribution in [0.5, 0.6) is 5.88 Å². The van der Waals surface area contributed by atoms with Gasteiger partial charge in [0.1, 0.15) is 6.04 Å². The molecule has 6 nitrogen and oxygen atoms in total. The molecule has 1 rings (SSSR count). The summed E-state index contributed by atoms with van der Waals surface area (Å²) in [6.45, 7) is 2.17. The summed E-state index contributed by atoms with van der Waals surface area (Å²) >= 11 is 0. The van der Waals surface area contributed by atoms with Gasteiger partial charge in [-0.1, -0.05) is 0 Å². The fourth-order valence-corrected chi connectivity index (χ4v) is 1.65. The minimum absolute atomic E-state index is 0.0141. The average molecular weight is 224 g/mol. The van der Waals surface area contributed by atoms with Crippen LogP contribution in [0.3, 0.4) is 0 Å². The van der Waals surface area contributed by atoms with Crippen LogP contribution in [0.1, 0.15) is 17.3 Å². The molecular formula is C10H16N4O2. The second-order valence-corrected chi connectivity index (χ2v) is 3.37. The Bertz CT molecular complexity index is 394. The second-order valence-electron chi connectivity index (χ2n) is 3.37. The molecule has 0 aliphatic carbocycles. The molecule has 1 heterocycles. The summed E-state index contributed by atoms with van der Waals surface area (Å²) in [4.78, 5) is 0. The Morgan fingerprint density at radius 2 is 2.38 bits per heavy atom. The van der Waals surface area contributed by atoms with Gasteiger partial charge in [-0.3, -0.25) is 5.32 Å². The normalized spacial score (nSPS) is 12.2. The molecule has 0 amide bonds. The summed E-state index contributed by atoms with van der Waals surface area (Å²) in [6, 6.07) is 1.61. The maximum Gasteiger partial charge on any atom is 0.217 e. The van der Waals surface area contributed by atoms with Gasteiger partial charge in [0.25, 0.3) is 0 Å². The van der Waals surface area contributed by atoms with Crippen LogP contribution in [-0.4, -0.2) is 35.1 Å². The lowest BCUT2D eigenvalue weighted by Crippen LogP contribution is -2.24. The van der Waals surface area contributed by atoms with Gasteiger partial charge in [0, 0.05) is 13.6 Å². The van der Waals surface area contributed by atoms with Crippen molar-refractivity contribution in [3.8, 4) is 11.9 Å². The number of nitrogens with one attached hydrogen (secondary N) is 1. The maximum absolute atomic E-state index is 9.07. The molecule has 1 aromatic heterocycles. The quantitative estimate of drug-likeness (QED) is 0.728. The molecule has 2 N–H and O–H groups in total. The third kappa shape index (κ3) is 2.32. The van der Waals surface area contributed by atoms with Crippen molar-refractivity contribution in [1.29, 1.82) is 5.26 Å². The highest BCUT2D eigenvalue weighted by molar-refractivity contribution is 5.37. The van der Waals surface area contributed by atoms with Gasteiger partial charge in [-0.25, -0.2) is 4.68 Å². The zero-order chi connectivity index (χ0) is 12.1. The van der Waals surface area contributed by atoms with E-state index in [1.807, 2.05) is 6.92 Å². The highest BCUT2D eigenvalue weighted by Crippen LogP contribution is 2.27. The number of nitrogens with zero attached hydrogens (tertiary/aromatic N) is 3. The minimum atomic E-state index is -0.518. The molecule has 0 fully saturated rings. The molecule has 0 saturated heterocycles. The Morgan fingerprint density at radius 1 is 1.69 bits per heavy atom. The van der Waals surface area contributed by atoms with Crippen LogP contribution in [0.15, 0.2) is 0 Å². The van der Waals surface area contributed by atoms with Crippen LogP contribution in [0.25, 0.3) is 0 Å². The van der Waals surface area contributed by atoms with E-state index in [9.17, 15) is 0 Å². The van der Waals surface area contributed by atoms with E-state index in [-0.39, 0.29) is 6.61 Å². The number of aliphatic hydroxyl groups is 1. The zero-order valence-electron chi connectivity index (χ0n) is 9.69. The number of rotatable bonds is 5. The van der Waals surface area contributed by atoms with Crippen LogP contribution >= 0.6 is 0 Å². The highest BCUT2D eigenvalue weighted by atomic mass is 16.5. The molecule has 0 spiro atoms. The molecule has 0 radical (unpaired) electrons. The minimum Gasteiger partial charge on any atom is -0.481 e. The zero-order valence-corrected chi connectivity index (χ0v) is 9.69. The summed E-state index contributed by atoms with van der Waals surface area (Å²) < 4.78 is 6.80. The first-order chi connectivity index (χ1) is 7.65. The molecular weight excluding hydrogens is 208 g/mol. The number of aryl methyl sites for hydroxylation is 2. The predicted molar refractivity (Wildman–Crippen MR) is 57.9 cm³/mol. The van der Waals surface area contributed by atoms with Crippen molar-refractivity contribution >= 4 is 0 Å². The molecule has 6 heteroatoms. The van der Waals surface area contributed by atoms with Crippen LogP contribution in [0, 0.1) is 18.3 Å². The number of ether oxygens (including phenoxy) is 1. The molecule has 16 heavy (non-hydrogen) atoms. The third-order valence-electron chi connectivity index (χ3n) is 2.29. The number of hydrogen-bond donors (Lipinski definition) is 2. The average Bonchev–Trinajstić information content (AvgIpc) is 2.55. The molecule has 88 valence electrons. The lowest BCUT2D eigenvalue weighted by molar-refractivity contribution is 0.288. The van der Waals surface area contributed by atoms with E-state index in [1.165, 1.54) is 0 Å². The van der Waals surface area contributed by atoms with Crippen molar-refractivity contribution in [3.63, 3.8) is 0 Å².